The first-order chi connectivity index (χ1) is 8.60. The molecule has 0 fully saturated rings. The van der Waals surface area contributed by atoms with E-state index in [1.165, 1.54) is 0 Å². The van der Waals surface area contributed by atoms with E-state index in [2.05, 4.69) is 0 Å². The largest absolute Gasteiger partial charge is 0.497 e. The molecule has 0 bridgehead atoms. The molecule has 0 spiro atoms. The van der Waals surface area contributed by atoms with Crippen molar-refractivity contribution in [3.63, 3.8) is 0 Å². The average Bonchev–Trinajstić information content (AvgIpc) is 2.38. The van der Waals surface area contributed by atoms with Crippen molar-refractivity contribution in [2.45, 2.75) is 26.3 Å². The smallest absolute Gasteiger partial charge is 0.254 e. The van der Waals surface area contributed by atoms with Crippen molar-refractivity contribution in [1.29, 1.82) is 0 Å². The molecule has 100 valence electrons. The molecule has 0 radical (unpaired) electrons. The number of ether oxygens (including phenoxy) is 1. The summed E-state index contributed by atoms with van der Waals surface area (Å²) in [6.07, 6.45) is 0.820. The third-order valence-electron chi connectivity index (χ3n) is 2.82. The first-order valence-corrected chi connectivity index (χ1v) is 6.25. The zero-order valence-corrected chi connectivity index (χ0v) is 11.3. The second-order valence-corrected chi connectivity index (χ2v) is 4.46. The van der Waals surface area contributed by atoms with Crippen molar-refractivity contribution >= 4 is 5.91 Å². The summed E-state index contributed by atoms with van der Waals surface area (Å²) in [5, 5.41) is 0. The Hall–Kier alpha value is -1.55. The van der Waals surface area contributed by atoms with Crippen LogP contribution < -0.4 is 10.5 Å². The van der Waals surface area contributed by atoms with E-state index in [0.29, 0.717) is 18.7 Å². The zero-order chi connectivity index (χ0) is 13.5. The van der Waals surface area contributed by atoms with Crippen molar-refractivity contribution in [3.8, 4) is 5.75 Å². The molecule has 18 heavy (non-hydrogen) atoms. The van der Waals surface area contributed by atoms with E-state index in [9.17, 15) is 4.79 Å². The van der Waals surface area contributed by atoms with Crippen molar-refractivity contribution in [2.24, 2.45) is 5.73 Å². The molecular formula is C14H22N2O2. The van der Waals surface area contributed by atoms with Crippen LogP contribution in [0, 0.1) is 0 Å². The number of rotatable bonds is 6. The first-order valence-electron chi connectivity index (χ1n) is 6.25. The van der Waals surface area contributed by atoms with Crippen LogP contribution in [-0.4, -0.2) is 37.0 Å². The Labute approximate surface area is 109 Å². The maximum absolute atomic E-state index is 12.3. The van der Waals surface area contributed by atoms with Crippen LogP contribution in [0.5, 0.6) is 5.75 Å². The van der Waals surface area contributed by atoms with Crippen molar-refractivity contribution in [1.82, 2.24) is 4.90 Å². The predicted molar refractivity (Wildman–Crippen MR) is 72.8 cm³/mol. The van der Waals surface area contributed by atoms with Gasteiger partial charge in [-0.2, -0.15) is 0 Å². The molecule has 0 aliphatic rings. The molecule has 0 aliphatic carbocycles. The monoisotopic (exact) mass is 250 g/mol. The number of methoxy groups -OCH3 is 1. The van der Waals surface area contributed by atoms with Crippen LogP contribution in [0.15, 0.2) is 24.3 Å². The van der Waals surface area contributed by atoms with Gasteiger partial charge in [0.15, 0.2) is 0 Å². The molecule has 4 heteroatoms. The molecule has 2 N–H and O–H groups in total. The minimum atomic E-state index is 0.0427. The van der Waals surface area contributed by atoms with E-state index in [4.69, 9.17) is 10.5 Å². The molecule has 1 amide bonds. The predicted octanol–water partition coefficient (Wildman–Crippen LogP) is 1.89. The van der Waals surface area contributed by atoms with Crippen LogP contribution in [0.4, 0.5) is 0 Å². The van der Waals surface area contributed by atoms with E-state index in [1.54, 1.807) is 31.4 Å². The quantitative estimate of drug-likeness (QED) is 0.839. The molecule has 0 aromatic heterocycles. The van der Waals surface area contributed by atoms with E-state index in [-0.39, 0.29) is 11.9 Å². The lowest BCUT2D eigenvalue weighted by Crippen LogP contribution is -2.38. The van der Waals surface area contributed by atoms with Gasteiger partial charge in [-0.25, -0.2) is 0 Å². The molecule has 1 rings (SSSR count). The highest BCUT2D eigenvalue weighted by Gasteiger charge is 2.17. The first kappa shape index (κ1) is 14.5. The Morgan fingerprint density at radius 2 is 1.94 bits per heavy atom. The van der Waals surface area contributed by atoms with Gasteiger partial charge in [-0.15, -0.1) is 0 Å². The van der Waals surface area contributed by atoms with Gasteiger partial charge in [0.25, 0.3) is 5.91 Å². The maximum Gasteiger partial charge on any atom is 0.254 e. The molecule has 0 atom stereocenters. The van der Waals surface area contributed by atoms with Gasteiger partial charge in [-0.3, -0.25) is 4.79 Å². The van der Waals surface area contributed by atoms with E-state index >= 15 is 0 Å². The number of hydrogen-bond acceptors (Lipinski definition) is 3. The Morgan fingerprint density at radius 1 is 1.33 bits per heavy atom. The van der Waals surface area contributed by atoms with Crippen LogP contribution >= 0.6 is 0 Å². The van der Waals surface area contributed by atoms with Gasteiger partial charge >= 0.3 is 0 Å². The number of carbonyl (C=O) groups is 1. The number of nitrogens with zero attached hydrogens (tertiary/aromatic N) is 1. The van der Waals surface area contributed by atoms with Gasteiger partial charge in [0.05, 0.1) is 7.11 Å². The fourth-order valence-corrected chi connectivity index (χ4v) is 1.76. The maximum atomic E-state index is 12.3. The summed E-state index contributed by atoms with van der Waals surface area (Å²) in [7, 11) is 1.61. The minimum absolute atomic E-state index is 0.0427. The fraction of sp³-hybridized carbons (Fsp3) is 0.500. The molecule has 1 aromatic carbocycles. The third-order valence-corrected chi connectivity index (χ3v) is 2.82. The molecule has 1 aromatic rings. The molecule has 4 nitrogen and oxygen atoms in total. The molecule has 0 saturated heterocycles. The summed E-state index contributed by atoms with van der Waals surface area (Å²) in [5.74, 6) is 0.797. The van der Waals surface area contributed by atoms with Crippen molar-refractivity contribution in [3.05, 3.63) is 29.8 Å². The van der Waals surface area contributed by atoms with Crippen LogP contribution in [0.25, 0.3) is 0 Å². The van der Waals surface area contributed by atoms with Crippen LogP contribution in [0.2, 0.25) is 0 Å². The highest BCUT2D eigenvalue weighted by atomic mass is 16.5. The lowest BCUT2D eigenvalue weighted by molar-refractivity contribution is 0.0705. The van der Waals surface area contributed by atoms with E-state index in [1.807, 2.05) is 18.7 Å². The van der Waals surface area contributed by atoms with Crippen LogP contribution in [0.3, 0.4) is 0 Å². The lowest BCUT2D eigenvalue weighted by Gasteiger charge is -2.26. The standard InChI is InChI=1S/C14H22N2O2/c1-11(2)16(10-4-9-15)14(17)12-5-7-13(18-3)8-6-12/h5-8,11H,4,9-10,15H2,1-3H3. The van der Waals surface area contributed by atoms with Crippen molar-refractivity contribution in [2.75, 3.05) is 20.2 Å². The van der Waals surface area contributed by atoms with Gasteiger partial charge in [-0.05, 0) is 51.1 Å². The van der Waals surface area contributed by atoms with Gasteiger partial charge in [-0.1, -0.05) is 0 Å². The van der Waals surface area contributed by atoms with Crippen LogP contribution in [0.1, 0.15) is 30.6 Å². The van der Waals surface area contributed by atoms with E-state index < -0.39 is 0 Å². The highest BCUT2D eigenvalue weighted by Crippen LogP contribution is 2.14. The lowest BCUT2D eigenvalue weighted by atomic mass is 10.1. The summed E-state index contributed by atoms with van der Waals surface area (Å²) in [5.41, 5.74) is 6.18. The summed E-state index contributed by atoms with van der Waals surface area (Å²) in [6.45, 7) is 5.31. The zero-order valence-electron chi connectivity index (χ0n) is 11.3. The summed E-state index contributed by atoms with van der Waals surface area (Å²) in [6, 6.07) is 7.35. The third kappa shape index (κ3) is 3.74. The second kappa shape index (κ2) is 7.01. The topological polar surface area (TPSA) is 55.6 Å². The fourth-order valence-electron chi connectivity index (χ4n) is 1.76. The average molecular weight is 250 g/mol. The Balaban J connectivity index is 2.80. The normalized spacial score (nSPS) is 10.5. The number of hydrogen-bond donors (Lipinski definition) is 1. The molecule has 0 unspecified atom stereocenters. The SMILES string of the molecule is COc1ccc(C(=O)N(CCCN)C(C)C)cc1. The molecule has 0 aliphatic heterocycles. The summed E-state index contributed by atoms with van der Waals surface area (Å²) < 4.78 is 5.08. The van der Waals surface area contributed by atoms with Gasteiger partial charge in [0.1, 0.15) is 5.75 Å². The van der Waals surface area contributed by atoms with E-state index in [0.717, 1.165) is 12.2 Å². The number of amides is 1. The van der Waals surface area contributed by atoms with Crippen LogP contribution in [-0.2, 0) is 0 Å². The number of carbonyl (C=O) groups excluding carboxylic acids is 1. The minimum Gasteiger partial charge on any atom is -0.497 e. The Bertz CT molecular complexity index is 374. The van der Waals surface area contributed by atoms with Gasteiger partial charge in [0.2, 0.25) is 0 Å². The highest BCUT2D eigenvalue weighted by molar-refractivity contribution is 5.94. The van der Waals surface area contributed by atoms with Gasteiger partial charge < -0.3 is 15.4 Å². The number of nitrogens with two attached hydrogens (primary N) is 1. The molecule has 0 saturated carbocycles. The van der Waals surface area contributed by atoms with Gasteiger partial charge in [0, 0.05) is 18.2 Å². The summed E-state index contributed by atoms with van der Waals surface area (Å²) >= 11 is 0. The van der Waals surface area contributed by atoms with Crippen molar-refractivity contribution < 1.29 is 9.53 Å². The molecule has 0 heterocycles. The summed E-state index contributed by atoms with van der Waals surface area (Å²) in [4.78, 5) is 14.2. The number of benzene rings is 1. The second-order valence-electron chi connectivity index (χ2n) is 4.46. The Kier molecular flexibility index (Phi) is 5.65. The molecular weight excluding hydrogens is 228 g/mol. The Morgan fingerprint density at radius 3 is 2.39 bits per heavy atom.